The number of aliphatic imine (C=N–C) groups is 1. The largest absolute Gasteiger partial charge is 0.247 e. The molecule has 90 valence electrons. The van der Waals surface area contributed by atoms with Gasteiger partial charge in [-0.15, -0.1) is 11.8 Å². The van der Waals surface area contributed by atoms with Gasteiger partial charge in [0.25, 0.3) is 0 Å². The minimum absolute atomic E-state index is 0.577. The zero-order chi connectivity index (χ0) is 12.2. The molecule has 1 saturated heterocycles. The topological polar surface area (TPSA) is 12.4 Å². The smallest absolute Gasteiger partial charge is 0.0745 e. The van der Waals surface area contributed by atoms with Crippen LogP contribution in [0.15, 0.2) is 65.7 Å². The van der Waals surface area contributed by atoms with Gasteiger partial charge in [0.2, 0.25) is 0 Å². The van der Waals surface area contributed by atoms with Crippen molar-refractivity contribution in [3.05, 3.63) is 66.2 Å². The third-order valence-corrected chi connectivity index (χ3v) is 4.44. The van der Waals surface area contributed by atoms with Crippen molar-refractivity contribution < 1.29 is 0 Å². The molecule has 1 aliphatic heterocycles. The first-order valence-corrected chi connectivity index (χ1v) is 7.14. The third-order valence-electron chi connectivity index (χ3n) is 3.08. The fraction of sp³-hybridized carbons (Fsp3) is 0.188. The van der Waals surface area contributed by atoms with Gasteiger partial charge in [-0.3, -0.25) is 0 Å². The van der Waals surface area contributed by atoms with Gasteiger partial charge in [0, 0.05) is 5.25 Å². The van der Waals surface area contributed by atoms with E-state index >= 15 is 0 Å². The van der Waals surface area contributed by atoms with Crippen LogP contribution in [-0.2, 0) is 0 Å². The Morgan fingerprint density at radius 2 is 1.56 bits per heavy atom. The van der Waals surface area contributed by atoms with Crippen LogP contribution in [0.5, 0.6) is 0 Å². The Labute approximate surface area is 112 Å². The second-order valence-electron chi connectivity index (χ2n) is 4.40. The Kier molecular flexibility index (Phi) is 3.47. The van der Waals surface area contributed by atoms with Crippen molar-refractivity contribution in [1.29, 1.82) is 0 Å². The molecule has 0 aliphatic carbocycles. The molecule has 1 heterocycles. The molecule has 0 amide bonds. The molecule has 1 unspecified atom stereocenters. The highest BCUT2D eigenvalue weighted by Gasteiger charge is 2.22. The van der Waals surface area contributed by atoms with E-state index in [-0.39, 0.29) is 0 Å². The van der Waals surface area contributed by atoms with Crippen molar-refractivity contribution in [3.63, 3.8) is 0 Å². The normalized spacial score (nSPS) is 21.3. The molecule has 18 heavy (non-hydrogen) atoms. The minimum Gasteiger partial charge on any atom is -0.247 e. The Balaban J connectivity index is 1.74. The summed E-state index contributed by atoms with van der Waals surface area (Å²) in [6.07, 6.45) is 2.29. The fourth-order valence-electron chi connectivity index (χ4n) is 2.17. The summed E-state index contributed by atoms with van der Waals surface area (Å²) in [5.74, 6) is 0. The number of para-hydroxylation sites is 1. The van der Waals surface area contributed by atoms with E-state index in [0.29, 0.717) is 5.25 Å². The molecule has 1 aliphatic rings. The predicted molar refractivity (Wildman–Crippen MR) is 79.5 cm³/mol. The van der Waals surface area contributed by atoms with Crippen molar-refractivity contribution in [2.45, 2.75) is 18.1 Å². The van der Waals surface area contributed by atoms with Crippen LogP contribution in [0, 0.1) is 0 Å². The molecule has 0 radical (unpaired) electrons. The quantitative estimate of drug-likeness (QED) is 0.735. The van der Waals surface area contributed by atoms with Crippen molar-refractivity contribution in [1.82, 2.24) is 0 Å². The average molecular weight is 253 g/mol. The van der Waals surface area contributed by atoms with E-state index in [4.69, 9.17) is 4.99 Å². The van der Waals surface area contributed by atoms with E-state index < -0.39 is 0 Å². The van der Waals surface area contributed by atoms with Crippen LogP contribution in [0.3, 0.4) is 0 Å². The first-order chi connectivity index (χ1) is 8.92. The molecule has 1 nitrogen and oxygen atoms in total. The molecular formula is C16H15NS. The second-order valence-corrected chi connectivity index (χ2v) is 5.67. The first-order valence-electron chi connectivity index (χ1n) is 6.26. The number of rotatable bonds is 2. The molecule has 0 saturated carbocycles. The fourth-order valence-corrected chi connectivity index (χ4v) is 3.42. The predicted octanol–water partition coefficient (Wildman–Crippen LogP) is 4.98. The van der Waals surface area contributed by atoms with Gasteiger partial charge >= 0.3 is 0 Å². The molecule has 0 bridgehead atoms. The highest BCUT2D eigenvalue weighted by molar-refractivity contribution is 8.14. The van der Waals surface area contributed by atoms with Crippen molar-refractivity contribution in [2.24, 2.45) is 4.99 Å². The number of hydrogen-bond acceptors (Lipinski definition) is 2. The second kappa shape index (κ2) is 5.40. The average Bonchev–Trinajstić information content (AvgIpc) is 2.89. The lowest BCUT2D eigenvalue weighted by molar-refractivity contribution is 0.873. The molecule has 3 rings (SSSR count). The van der Waals surface area contributed by atoms with Gasteiger partial charge in [0.1, 0.15) is 0 Å². The Hall–Kier alpha value is -1.54. The van der Waals surface area contributed by atoms with Gasteiger partial charge < -0.3 is 0 Å². The lowest BCUT2D eigenvalue weighted by atomic mass is 10.1. The summed E-state index contributed by atoms with van der Waals surface area (Å²) in [5, 5.41) is 1.84. The number of hydrogen-bond donors (Lipinski definition) is 0. The molecule has 2 heteroatoms. The molecule has 2 aromatic rings. The maximum Gasteiger partial charge on any atom is 0.0745 e. The monoisotopic (exact) mass is 253 g/mol. The van der Waals surface area contributed by atoms with Gasteiger partial charge in [-0.05, 0) is 30.5 Å². The van der Waals surface area contributed by atoms with E-state index in [2.05, 4.69) is 42.5 Å². The van der Waals surface area contributed by atoms with Gasteiger partial charge in [-0.25, -0.2) is 4.99 Å². The van der Waals surface area contributed by atoms with Gasteiger partial charge in [-0.1, -0.05) is 48.5 Å². The highest BCUT2D eigenvalue weighted by atomic mass is 32.2. The van der Waals surface area contributed by atoms with E-state index in [0.717, 1.165) is 12.1 Å². The summed E-state index contributed by atoms with van der Waals surface area (Å²) in [7, 11) is 0. The lowest BCUT2D eigenvalue weighted by Gasteiger charge is -2.06. The summed E-state index contributed by atoms with van der Waals surface area (Å²) in [6.45, 7) is 0. The molecule has 2 aromatic carbocycles. The Morgan fingerprint density at radius 1 is 0.889 bits per heavy atom. The van der Waals surface area contributed by atoms with Crippen molar-refractivity contribution >= 4 is 22.5 Å². The van der Waals surface area contributed by atoms with E-state index in [1.165, 1.54) is 17.0 Å². The first kappa shape index (κ1) is 11.5. The Bertz CT molecular complexity index is 534. The van der Waals surface area contributed by atoms with Crippen molar-refractivity contribution in [2.75, 3.05) is 0 Å². The molecule has 0 N–H and O–H groups in total. The molecule has 0 spiro atoms. The molecule has 1 atom stereocenters. The van der Waals surface area contributed by atoms with E-state index in [9.17, 15) is 0 Å². The van der Waals surface area contributed by atoms with Gasteiger partial charge in [0.15, 0.2) is 0 Å². The minimum atomic E-state index is 0.577. The summed E-state index contributed by atoms with van der Waals surface area (Å²) in [5.41, 5.74) is 2.48. The molecule has 1 fully saturated rings. The Morgan fingerprint density at radius 3 is 2.28 bits per heavy atom. The number of nitrogens with zero attached hydrogens (tertiary/aromatic N) is 1. The zero-order valence-electron chi connectivity index (χ0n) is 10.1. The molecule has 0 aromatic heterocycles. The van der Waals surface area contributed by atoms with E-state index in [1.807, 2.05) is 30.0 Å². The SMILES string of the molecule is c1ccc(N=C2CCC(c3ccccc3)S2)cc1. The summed E-state index contributed by atoms with van der Waals surface area (Å²) in [6, 6.07) is 20.9. The van der Waals surface area contributed by atoms with E-state index in [1.54, 1.807) is 0 Å². The van der Waals surface area contributed by atoms with Crippen LogP contribution >= 0.6 is 11.8 Å². The maximum atomic E-state index is 4.71. The highest BCUT2D eigenvalue weighted by Crippen LogP contribution is 2.42. The van der Waals surface area contributed by atoms with Gasteiger partial charge in [0.05, 0.1) is 10.7 Å². The summed E-state index contributed by atoms with van der Waals surface area (Å²) in [4.78, 5) is 4.71. The van der Waals surface area contributed by atoms with Crippen LogP contribution in [0.2, 0.25) is 0 Å². The lowest BCUT2D eigenvalue weighted by Crippen LogP contribution is -1.86. The van der Waals surface area contributed by atoms with Crippen LogP contribution in [0.4, 0.5) is 5.69 Å². The van der Waals surface area contributed by atoms with Crippen LogP contribution in [-0.4, -0.2) is 5.04 Å². The third kappa shape index (κ3) is 2.65. The standard InChI is InChI=1S/C16H15NS/c1-3-7-13(8-4-1)15-11-12-16(18-15)17-14-9-5-2-6-10-14/h1-10,15H,11-12H2. The zero-order valence-corrected chi connectivity index (χ0v) is 10.9. The van der Waals surface area contributed by atoms with Crippen molar-refractivity contribution in [3.8, 4) is 0 Å². The number of thioether (sulfide) groups is 1. The molecular weight excluding hydrogens is 238 g/mol. The summed E-state index contributed by atoms with van der Waals surface area (Å²) < 4.78 is 0. The summed E-state index contributed by atoms with van der Waals surface area (Å²) >= 11 is 1.91. The van der Waals surface area contributed by atoms with Crippen LogP contribution < -0.4 is 0 Å². The number of benzene rings is 2. The maximum absolute atomic E-state index is 4.71. The van der Waals surface area contributed by atoms with Crippen LogP contribution in [0.1, 0.15) is 23.7 Å². The van der Waals surface area contributed by atoms with Crippen LogP contribution in [0.25, 0.3) is 0 Å². The van der Waals surface area contributed by atoms with Gasteiger partial charge in [-0.2, -0.15) is 0 Å².